The van der Waals surface area contributed by atoms with E-state index in [2.05, 4.69) is 20.3 Å². The number of allylic oxidation sites excluding steroid dienone is 2. The van der Waals surface area contributed by atoms with Crippen molar-refractivity contribution in [3.05, 3.63) is 65.3 Å². The van der Waals surface area contributed by atoms with E-state index < -0.39 is 6.04 Å². The topological polar surface area (TPSA) is 77.0 Å². The van der Waals surface area contributed by atoms with E-state index in [9.17, 15) is 4.79 Å². The monoisotopic (exact) mass is 354 g/mol. The van der Waals surface area contributed by atoms with E-state index in [4.69, 9.17) is 16.3 Å². The van der Waals surface area contributed by atoms with Crippen molar-refractivity contribution in [2.45, 2.75) is 13.0 Å². The lowest BCUT2D eigenvalue weighted by atomic mass is 10.0. The minimum Gasteiger partial charge on any atom is -0.493 e. The molecule has 2 aromatic heterocycles. The van der Waals surface area contributed by atoms with Crippen molar-refractivity contribution in [1.82, 2.24) is 15.0 Å². The fourth-order valence-electron chi connectivity index (χ4n) is 2.40. The first-order chi connectivity index (χ1) is 12.2. The van der Waals surface area contributed by atoms with E-state index in [1.807, 2.05) is 31.1 Å². The van der Waals surface area contributed by atoms with Crippen LogP contribution in [0.4, 0.5) is 5.95 Å². The van der Waals surface area contributed by atoms with Crippen molar-refractivity contribution in [3.63, 3.8) is 0 Å². The molecule has 1 aliphatic rings. The lowest BCUT2D eigenvalue weighted by molar-refractivity contribution is 0.236. The Hall–Kier alpha value is -2.95. The van der Waals surface area contributed by atoms with Gasteiger partial charge in [0.1, 0.15) is 22.4 Å². The second kappa shape index (κ2) is 7.75. The summed E-state index contributed by atoms with van der Waals surface area (Å²) in [7, 11) is 0. The highest BCUT2D eigenvalue weighted by atomic mass is 35.5. The van der Waals surface area contributed by atoms with Crippen LogP contribution in [0.1, 0.15) is 6.92 Å². The van der Waals surface area contributed by atoms with Gasteiger partial charge in [0.05, 0.1) is 18.3 Å². The van der Waals surface area contributed by atoms with Crippen LogP contribution in [0.15, 0.2) is 60.2 Å². The molecule has 0 fully saturated rings. The van der Waals surface area contributed by atoms with Gasteiger partial charge in [-0.15, -0.1) is 0 Å². The smallest absolute Gasteiger partial charge is 0.223 e. The molecule has 0 saturated heterocycles. The van der Waals surface area contributed by atoms with Gasteiger partial charge in [0.2, 0.25) is 5.95 Å². The quantitative estimate of drug-likeness (QED) is 0.656. The molecule has 6 nitrogen and oxygen atoms in total. The second-order valence-electron chi connectivity index (χ2n) is 5.12. The molecule has 1 atom stereocenters. The summed E-state index contributed by atoms with van der Waals surface area (Å²) in [5.41, 5.74) is 1.90. The average Bonchev–Trinajstić information content (AvgIpc) is 2.62. The third-order valence-electron chi connectivity index (χ3n) is 3.50. The van der Waals surface area contributed by atoms with Gasteiger partial charge in [-0.25, -0.2) is 19.7 Å². The van der Waals surface area contributed by atoms with Gasteiger partial charge in [0, 0.05) is 18.0 Å². The van der Waals surface area contributed by atoms with Crippen LogP contribution in [0.2, 0.25) is 5.15 Å². The van der Waals surface area contributed by atoms with Gasteiger partial charge < -0.3 is 10.1 Å². The van der Waals surface area contributed by atoms with E-state index in [-0.39, 0.29) is 0 Å². The molecule has 126 valence electrons. The molecule has 1 N–H and O–H groups in total. The Morgan fingerprint density at radius 2 is 2.16 bits per heavy atom. The molecule has 0 bridgehead atoms. The molecule has 0 spiro atoms. The molecule has 0 amide bonds. The standard InChI is InChI=1S/C18H15ClN4O2/c1-2-25-16-5-3-4-15(13(16)11-24)23-18-21-9-7-14(22-18)12-6-8-20-17(19)10-12/h3-10,15H,2H2,1H3,(H,21,22,23). The summed E-state index contributed by atoms with van der Waals surface area (Å²) in [6, 6.07) is 4.89. The Kier molecular flexibility index (Phi) is 5.23. The van der Waals surface area contributed by atoms with Crippen LogP contribution in [0.3, 0.4) is 0 Å². The number of halogens is 1. The van der Waals surface area contributed by atoms with Gasteiger partial charge in [-0.2, -0.15) is 0 Å². The van der Waals surface area contributed by atoms with E-state index in [1.165, 1.54) is 0 Å². The van der Waals surface area contributed by atoms with Crippen LogP contribution in [-0.4, -0.2) is 33.5 Å². The minimum absolute atomic E-state index is 0.380. The number of hydrogen-bond donors (Lipinski definition) is 1. The largest absolute Gasteiger partial charge is 0.493 e. The fourth-order valence-corrected chi connectivity index (χ4v) is 2.57. The highest BCUT2D eigenvalue weighted by Gasteiger charge is 2.21. The molecule has 2 heterocycles. The minimum atomic E-state index is -0.416. The van der Waals surface area contributed by atoms with E-state index in [0.29, 0.717) is 34.7 Å². The summed E-state index contributed by atoms with van der Waals surface area (Å²) in [5.74, 6) is 2.82. The van der Waals surface area contributed by atoms with Crippen molar-refractivity contribution in [3.8, 4) is 11.3 Å². The van der Waals surface area contributed by atoms with Crippen molar-refractivity contribution < 1.29 is 9.53 Å². The summed E-state index contributed by atoms with van der Waals surface area (Å²) in [6.45, 7) is 2.32. The van der Waals surface area contributed by atoms with Crippen molar-refractivity contribution in [1.29, 1.82) is 0 Å². The molecular formula is C18H15ClN4O2. The Morgan fingerprint density at radius 3 is 2.92 bits per heavy atom. The number of rotatable bonds is 5. The van der Waals surface area contributed by atoms with Gasteiger partial charge in [0.25, 0.3) is 0 Å². The van der Waals surface area contributed by atoms with Crippen LogP contribution >= 0.6 is 11.6 Å². The Morgan fingerprint density at radius 1 is 1.32 bits per heavy atom. The van der Waals surface area contributed by atoms with Gasteiger partial charge in [-0.05, 0) is 31.2 Å². The summed E-state index contributed by atoms with van der Waals surface area (Å²) in [6.07, 6.45) is 8.62. The SMILES string of the molecule is CCOC1=CC=CC(Nc2nccc(-c3ccnc(Cl)c3)n2)C1=C=O. The maximum absolute atomic E-state index is 11.4. The summed E-state index contributed by atoms with van der Waals surface area (Å²) < 4.78 is 5.47. The molecule has 0 aromatic carbocycles. The first kappa shape index (κ1) is 16.9. The molecule has 0 aliphatic heterocycles. The predicted molar refractivity (Wildman–Crippen MR) is 95.7 cm³/mol. The molecule has 1 aliphatic carbocycles. The molecule has 7 heteroatoms. The zero-order chi connectivity index (χ0) is 17.6. The zero-order valence-corrected chi connectivity index (χ0v) is 14.2. The van der Waals surface area contributed by atoms with Gasteiger partial charge >= 0.3 is 0 Å². The third-order valence-corrected chi connectivity index (χ3v) is 3.71. The van der Waals surface area contributed by atoms with E-state index in [0.717, 1.165) is 5.56 Å². The molecule has 25 heavy (non-hydrogen) atoms. The lowest BCUT2D eigenvalue weighted by Gasteiger charge is -2.21. The number of ether oxygens (including phenoxy) is 1. The van der Waals surface area contributed by atoms with E-state index >= 15 is 0 Å². The first-order valence-corrected chi connectivity index (χ1v) is 8.07. The van der Waals surface area contributed by atoms with Gasteiger partial charge in [0.15, 0.2) is 0 Å². The average molecular weight is 355 g/mol. The van der Waals surface area contributed by atoms with Crippen LogP contribution in [0.25, 0.3) is 11.3 Å². The van der Waals surface area contributed by atoms with Crippen LogP contribution in [0, 0.1) is 0 Å². The number of nitrogens with zero attached hydrogens (tertiary/aromatic N) is 3. The Bertz CT molecular complexity index is 888. The first-order valence-electron chi connectivity index (χ1n) is 7.69. The molecule has 0 saturated carbocycles. The lowest BCUT2D eigenvalue weighted by Crippen LogP contribution is -2.25. The number of nitrogens with one attached hydrogen (secondary N) is 1. The van der Waals surface area contributed by atoms with Crippen molar-refractivity contribution in [2.75, 3.05) is 11.9 Å². The van der Waals surface area contributed by atoms with Gasteiger partial charge in [-0.3, -0.25) is 0 Å². The highest BCUT2D eigenvalue weighted by molar-refractivity contribution is 6.29. The summed E-state index contributed by atoms with van der Waals surface area (Å²) in [5, 5.41) is 3.50. The Balaban J connectivity index is 1.84. The van der Waals surface area contributed by atoms with Gasteiger partial charge in [-0.1, -0.05) is 23.8 Å². The van der Waals surface area contributed by atoms with Crippen LogP contribution in [-0.2, 0) is 9.53 Å². The fraction of sp³-hybridized carbons (Fsp3) is 0.167. The van der Waals surface area contributed by atoms with E-state index in [1.54, 1.807) is 30.6 Å². The van der Waals surface area contributed by atoms with Crippen LogP contribution in [0.5, 0.6) is 0 Å². The molecule has 1 unspecified atom stereocenters. The van der Waals surface area contributed by atoms with Crippen LogP contribution < -0.4 is 5.32 Å². The third kappa shape index (κ3) is 3.94. The number of carbonyl (C=O) groups excluding carboxylic acids is 1. The molecule has 0 radical (unpaired) electrons. The molecule has 2 aromatic rings. The number of aromatic nitrogens is 3. The number of anilines is 1. The zero-order valence-electron chi connectivity index (χ0n) is 13.4. The van der Waals surface area contributed by atoms with Crippen molar-refractivity contribution in [2.24, 2.45) is 0 Å². The number of hydrogen-bond acceptors (Lipinski definition) is 6. The second-order valence-corrected chi connectivity index (χ2v) is 5.51. The predicted octanol–water partition coefficient (Wildman–Crippen LogP) is 3.22. The maximum Gasteiger partial charge on any atom is 0.223 e. The molecule has 3 rings (SSSR count). The van der Waals surface area contributed by atoms with Crippen molar-refractivity contribution >= 4 is 23.5 Å². The Labute approximate surface area is 149 Å². The summed E-state index contributed by atoms with van der Waals surface area (Å²) >= 11 is 5.93. The molecular weight excluding hydrogens is 340 g/mol. The maximum atomic E-state index is 11.4. The highest BCUT2D eigenvalue weighted by Crippen LogP contribution is 2.23. The summed E-state index contributed by atoms with van der Waals surface area (Å²) in [4.78, 5) is 24.0. The normalized spacial score (nSPS) is 16.2. The number of pyridine rings is 1.